The zero-order valence-corrected chi connectivity index (χ0v) is 16.1. The van der Waals surface area contributed by atoms with E-state index < -0.39 is 18.5 Å². The number of ether oxygens (including phenoxy) is 1. The highest BCUT2D eigenvalue weighted by molar-refractivity contribution is 6.34. The first-order chi connectivity index (χ1) is 13.0. The summed E-state index contributed by atoms with van der Waals surface area (Å²) in [5, 5.41) is 2.92. The number of esters is 1. The van der Waals surface area contributed by atoms with Crippen LogP contribution in [0.2, 0.25) is 10.2 Å². The maximum atomic E-state index is 12.0. The van der Waals surface area contributed by atoms with Crippen LogP contribution in [0.25, 0.3) is 0 Å². The van der Waals surface area contributed by atoms with Crippen molar-refractivity contribution >= 4 is 46.5 Å². The van der Waals surface area contributed by atoms with Crippen LogP contribution in [0.3, 0.4) is 0 Å². The van der Waals surface area contributed by atoms with Crippen LogP contribution in [0.15, 0.2) is 36.4 Å². The predicted molar refractivity (Wildman–Crippen MR) is 106 cm³/mol. The van der Waals surface area contributed by atoms with Crippen molar-refractivity contribution in [2.45, 2.75) is 19.3 Å². The van der Waals surface area contributed by atoms with Gasteiger partial charge < -0.3 is 15.0 Å². The number of amides is 1. The fourth-order valence-corrected chi connectivity index (χ4v) is 3.20. The third-order valence-corrected chi connectivity index (χ3v) is 4.73. The molecule has 0 spiro atoms. The number of hydrogen-bond donors (Lipinski definition) is 1. The van der Waals surface area contributed by atoms with Crippen LogP contribution in [0.1, 0.15) is 29.8 Å². The van der Waals surface area contributed by atoms with E-state index in [0.29, 0.717) is 5.69 Å². The van der Waals surface area contributed by atoms with Crippen molar-refractivity contribution in [3.8, 4) is 0 Å². The molecule has 1 N–H and O–H groups in total. The van der Waals surface area contributed by atoms with Gasteiger partial charge in [-0.2, -0.15) is 0 Å². The summed E-state index contributed by atoms with van der Waals surface area (Å²) in [7, 11) is 0. The lowest BCUT2D eigenvalue weighted by atomic mass is 10.1. The molecule has 27 heavy (non-hydrogen) atoms. The van der Waals surface area contributed by atoms with E-state index in [-0.39, 0.29) is 15.9 Å². The molecule has 1 saturated heterocycles. The summed E-state index contributed by atoms with van der Waals surface area (Å²) >= 11 is 11.6. The summed E-state index contributed by atoms with van der Waals surface area (Å²) in [5.74, 6) is -1.26. The second kappa shape index (κ2) is 9.06. The van der Waals surface area contributed by atoms with Gasteiger partial charge in [0, 0.05) is 24.5 Å². The molecule has 0 saturated carbocycles. The highest BCUT2D eigenvalue weighted by atomic mass is 35.5. The number of anilines is 2. The van der Waals surface area contributed by atoms with E-state index in [9.17, 15) is 9.59 Å². The Morgan fingerprint density at radius 2 is 1.74 bits per heavy atom. The van der Waals surface area contributed by atoms with Crippen LogP contribution >= 0.6 is 23.2 Å². The summed E-state index contributed by atoms with van der Waals surface area (Å²) in [6, 6.07) is 10.5. The second-order valence-electron chi connectivity index (χ2n) is 6.18. The number of hydrogen-bond acceptors (Lipinski definition) is 5. The average molecular weight is 408 g/mol. The molecule has 3 rings (SSSR count). The molecule has 0 aliphatic carbocycles. The van der Waals surface area contributed by atoms with Gasteiger partial charge in [-0.05, 0) is 55.7 Å². The zero-order valence-electron chi connectivity index (χ0n) is 14.6. The first-order valence-electron chi connectivity index (χ1n) is 8.67. The van der Waals surface area contributed by atoms with Crippen molar-refractivity contribution in [1.82, 2.24) is 4.98 Å². The smallest absolute Gasteiger partial charge is 0.359 e. The Balaban J connectivity index is 1.51. The normalized spacial score (nSPS) is 13.9. The topological polar surface area (TPSA) is 71.5 Å². The molecular formula is C19H19Cl2N3O3. The van der Waals surface area contributed by atoms with E-state index in [1.807, 2.05) is 24.3 Å². The number of halogens is 2. The molecule has 0 unspecified atom stereocenters. The molecule has 8 heteroatoms. The monoisotopic (exact) mass is 407 g/mol. The molecule has 0 bridgehead atoms. The van der Waals surface area contributed by atoms with Gasteiger partial charge in [-0.25, -0.2) is 9.78 Å². The summed E-state index contributed by atoms with van der Waals surface area (Å²) in [5.41, 5.74) is 1.65. The molecule has 1 aliphatic heterocycles. The van der Waals surface area contributed by atoms with E-state index >= 15 is 0 Å². The van der Waals surface area contributed by atoms with Gasteiger partial charge in [-0.15, -0.1) is 0 Å². The Hall–Kier alpha value is -2.31. The molecule has 1 aromatic heterocycles. The van der Waals surface area contributed by atoms with Crippen molar-refractivity contribution in [3.05, 3.63) is 52.3 Å². The maximum absolute atomic E-state index is 12.0. The quantitative estimate of drug-likeness (QED) is 0.594. The summed E-state index contributed by atoms with van der Waals surface area (Å²) in [6.45, 7) is 1.67. The highest BCUT2D eigenvalue weighted by Crippen LogP contribution is 2.22. The minimum Gasteiger partial charge on any atom is -0.451 e. The van der Waals surface area contributed by atoms with Crippen molar-refractivity contribution in [2.75, 3.05) is 29.9 Å². The number of nitrogens with one attached hydrogen (secondary N) is 1. The highest BCUT2D eigenvalue weighted by Gasteiger charge is 2.16. The van der Waals surface area contributed by atoms with Crippen LogP contribution < -0.4 is 10.2 Å². The summed E-state index contributed by atoms with van der Waals surface area (Å²) in [4.78, 5) is 30.1. The minimum absolute atomic E-state index is 0.109. The van der Waals surface area contributed by atoms with Gasteiger partial charge in [0.1, 0.15) is 5.15 Å². The molecule has 142 valence electrons. The van der Waals surface area contributed by atoms with Crippen LogP contribution in [0.4, 0.5) is 11.4 Å². The van der Waals surface area contributed by atoms with Crippen LogP contribution in [-0.4, -0.2) is 36.6 Å². The predicted octanol–water partition coefficient (Wildman–Crippen LogP) is 4.17. The fourth-order valence-electron chi connectivity index (χ4n) is 2.87. The standard InChI is InChI=1S/C19H19Cl2N3O3/c20-15-8-9-16(21)23-18(15)19(26)27-12-17(25)22-13-4-6-14(7-5-13)24-10-2-1-3-11-24/h4-9H,1-3,10-12H2,(H,22,25). The molecular weight excluding hydrogens is 389 g/mol. The number of pyridine rings is 1. The van der Waals surface area contributed by atoms with Crippen molar-refractivity contribution in [1.29, 1.82) is 0 Å². The van der Waals surface area contributed by atoms with Gasteiger partial charge in [0.05, 0.1) is 5.02 Å². The van der Waals surface area contributed by atoms with Gasteiger partial charge in [0.2, 0.25) is 0 Å². The van der Waals surface area contributed by atoms with Gasteiger partial charge >= 0.3 is 5.97 Å². The van der Waals surface area contributed by atoms with E-state index in [1.54, 1.807) is 0 Å². The van der Waals surface area contributed by atoms with E-state index in [4.69, 9.17) is 27.9 Å². The van der Waals surface area contributed by atoms with Gasteiger partial charge in [-0.3, -0.25) is 4.79 Å². The number of nitrogens with zero attached hydrogens (tertiary/aromatic N) is 2. The Morgan fingerprint density at radius 1 is 1.04 bits per heavy atom. The molecule has 1 aliphatic rings. The van der Waals surface area contributed by atoms with Crippen LogP contribution in [-0.2, 0) is 9.53 Å². The lowest BCUT2D eigenvalue weighted by molar-refractivity contribution is -0.119. The molecule has 1 fully saturated rings. The maximum Gasteiger partial charge on any atom is 0.359 e. The number of carbonyl (C=O) groups is 2. The summed E-state index contributed by atoms with van der Waals surface area (Å²) < 4.78 is 4.95. The molecule has 1 aromatic carbocycles. The first kappa shape index (κ1) is 19.5. The number of benzene rings is 1. The third-order valence-electron chi connectivity index (χ3n) is 4.21. The van der Waals surface area contributed by atoms with Crippen molar-refractivity contribution in [3.63, 3.8) is 0 Å². The van der Waals surface area contributed by atoms with E-state index in [0.717, 1.165) is 18.8 Å². The molecule has 2 heterocycles. The SMILES string of the molecule is O=C(COC(=O)c1nc(Cl)ccc1Cl)Nc1ccc(N2CCCCC2)cc1. The Kier molecular flexibility index (Phi) is 6.53. The molecule has 2 aromatic rings. The number of rotatable bonds is 5. The second-order valence-corrected chi connectivity index (χ2v) is 6.98. The largest absolute Gasteiger partial charge is 0.451 e. The van der Waals surface area contributed by atoms with Crippen LogP contribution in [0.5, 0.6) is 0 Å². The Bertz CT molecular complexity index is 821. The average Bonchev–Trinajstić information content (AvgIpc) is 2.69. The van der Waals surface area contributed by atoms with E-state index in [2.05, 4.69) is 15.2 Å². The molecule has 0 radical (unpaired) electrons. The lowest BCUT2D eigenvalue weighted by Crippen LogP contribution is -2.29. The molecule has 1 amide bonds. The van der Waals surface area contributed by atoms with E-state index in [1.165, 1.54) is 31.4 Å². The lowest BCUT2D eigenvalue weighted by Gasteiger charge is -2.28. The van der Waals surface area contributed by atoms with Gasteiger partial charge in [-0.1, -0.05) is 23.2 Å². The first-order valence-corrected chi connectivity index (χ1v) is 9.42. The third kappa shape index (κ3) is 5.34. The zero-order chi connectivity index (χ0) is 19.2. The summed E-state index contributed by atoms with van der Waals surface area (Å²) in [6.07, 6.45) is 3.68. The Morgan fingerprint density at radius 3 is 2.44 bits per heavy atom. The van der Waals surface area contributed by atoms with Gasteiger partial charge in [0.15, 0.2) is 12.3 Å². The molecule has 6 nitrogen and oxygen atoms in total. The van der Waals surface area contributed by atoms with Crippen molar-refractivity contribution < 1.29 is 14.3 Å². The number of aromatic nitrogens is 1. The van der Waals surface area contributed by atoms with Crippen molar-refractivity contribution in [2.24, 2.45) is 0 Å². The minimum atomic E-state index is -0.807. The van der Waals surface area contributed by atoms with Crippen LogP contribution in [0, 0.1) is 0 Å². The Labute approximate surface area is 167 Å². The number of carbonyl (C=O) groups excluding carboxylic acids is 2. The number of piperidine rings is 1. The van der Waals surface area contributed by atoms with Gasteiger partial charge in [0.25, 0.3) is 5.91 Å². The fraction of sp³-hybridized carbons (Fsp3) is 0.316. The molecule has 0 atom stereocenters.